The van der Waals surface area contributed by atoms with Crippen molar-refractivity contribution in [3.8, 4) is 11.5 Å². The van der Waals surface area contributed by atoms with E-state index in [1.807, 2.05) is 0 Å². The van der Waals surface area contributed by atoms with Crippen LogP contribution in [0, 0.1) is 0 Å². The van der Waals surface area contributed by atoms with Crippen molar-refractivity contribution in [2.45, 2.75) is 20.1 Å². The smallest absolute Gasteiger partial charge is 0.387 e. The van der Waals surface area contributed by atoms with E-state index >= 15 is 0 Å². The summed E-state index contributed by atoms with van der Waals surface area (Å²) in [6, 6.07) is 10.6. The first kappa shape index (κ1) is 20.0. The van der Waals surface area contributed by atoms with Gasteiger partial charge in [-0.3, -0.25) is 4.79 Å². The lowest BCUT2D eigenvalue weighted by atomic mass is 10.2. The van der Waals surface area contributed by atoms with Crippen molar-refractivity contribution in [2.75, 3.05) is 17.7 Å². The van der Waals surface area contributed by atoms with E-state index in [-0.39, 0.29) is 24.0 Å². The summed E-state index contributed by atoms with van der Waals surface area (Å²) in [6.07, 6.45) is 0. The third kappa shape index (κ3) is 6.46. The van der Waals surface area contributed by atoms with Crippen LogP contribution in [0.5, 0.6) is 11.5 Å². The SMILES string of the molecule is COc1ccc(CNC(=O)Nc2ccc(NC(C)=O)cc2)cc1OC(F)F. The van der Waals surface area contributed by atoms with Crippen LogP contribution in [0.2, 0.25) is 0 Å². The number of ether oxygens (including phenoxy) is 2. The first-order valence-corrected chi connectivity index (χ1v) is 7.91. The quantitative estimate of drug-likeness (QED) is 0.686. The summed E-state index contributed by atoms with van der Waals surface area (Å²) in [7, 11) is 1.34. The molecule has 0 aliphatic heterocycles. The molecule has 7 nitrogen and oxygen atoms in total. The number of carbonyl (C=O) groups excluding carboxylic acids is 2. The average Bonchev–Trinajstić information content (AvgIpc) is 2.61. The van der Waals surface area contributed by atoms with E-state index < -0.39 is 12.6 Å². The van der Waals surface area contributed by atoms with Crippen molar-refractivity contribution in [3.63, 3.8) is 0 Å². The van der Waals surface area contributed by atoms with Gasteiger partial charge in [0, 0.05) is 24.8 Å². The molecule has 2 rings (SSSR count). The molecule has 0 radical (unpaired) electrons. The zero-order valence-electron chi connectivity index (χ0n) is 14.7. The van der Waals surface area contributed by atoms with Crippen molar-refractivity contribution in [1.82, 2.24) is 5.32 Å². The van der Waals surface area contributed by atoms with E-state index in [1.165, 1.54) is 26.2 Å². The van der Waals surface area contributed by atoms with Gasteiger partial charge in [0.05, 0.1) is 7.11 Å². The minimum Gasteiger partial charge on any atom is -0.493 e. The average molecular weight is 379 g/mol. The lowest BCUT2D eigenvalue weighted by molar-refractivity contribution is -0.114. The third-order valence-corrected chi connectivity index (χ3v) is 3.36. The Morgan fingerprint density at radius 2 is 1.63 bits per heavy atom. The van der Waals surface area contributed by atoms with Crippen LogP contribution in [-0.2, 0) is 11.3 Å². The van der Waals surface area contributed by atoms with Crippen LogP contribution in [0.1, 0.15) is 12.5 Å². The number of benzene rings is 2. The molecule has 0 fully saturated rings. The second-order valence-corrected chi connectivity index (χ2v) is 5.43. The number of hydrogen-bond acceptors (Lipinski definition) is 4. The molecule has 2 aromatic rings. The molecule has 3 N–H and O–H groups in total. The van der Waals surface area contributed by atoms with Crippen molar-refractivity contribution < 1.29 is 27.8 Å². The van der Waals surface area contributed by atoms with Crippen molar-refractivity contribution in [3.05, 3.63) is 48.0 Å². The van der Waals surface area contributed by atoms with E-state index in [9.17, 15) is 18.4 Å². The Balaban J connectivity index is 1.92. The van der Waals surface area contributed by atoms with E-state index in [0.717, 1.165) is 0 Å². The molecule has 0 atom stereocenters. The van der Waals surface area contributed by atoms with Gasteiger partial charge in [0.25, 0.3) is 0 Å². The maximum absolute atomic E-state index is 12.4. The number of hydrogen-bond donors (Lipinski definition) is 3. The van der Waals surface area contributed by atoms with Crippen molar-refractivity contribution in [1.29, 1.82) is 0 Å². The molecular weight excluding hydrogens is 360 g/mol. The minimum atomic E-state index is -2.98. The fraction of sp³-hybridized carbons (Fsp3) is 0.222. The Morgan fingerprint density at radius 3 is 2.19 bits per heavy atom. The molecule has 3 amide bonds. The number of amides is 3. The first-order chi connectivity index (χ1) is 12.9. The summed E-state index contributed by atoms with van der Waals surface area (Å²) < 4.78 is 34.2. The molecule has 0 aromatic heterocycles. The Hall–Kier alpha value is -3.36. The summed E-state index contributed by atoms with van der Waals surface area (Å²) in [5.74, 6) is -0.133. The largest absolute Gasteiger partial charge is 0.493 e. The van der Waals surface area contributed by atoms with E-state index in [1.54, 1.807) is 30.3 Å². The van der Waals surface area contributed by atoms with Gasteiger partial charge in [-0.1, -0.05) is 6.07 Å². The topological polar surface area (TPSA) is 88.7 Å². The maximum atomic E-state index is 12.4. The Morgan fingerprint density at radius 1 is 1.00 bits per heavy atom. The number of nitrogens with one attached hydrogen (secondary N) is 3. The zero-order valence-corrected chi connectivity index (χ0v) is 14.7. The molecule has 27 heavy (non-hydrogen) atoms. The van der Waals surface area contributed by atoms with Gasteiger partial charge >= 0.3 is 12.6 Å². The monoisotopic (exact) mass is 379 g/mol. The standard InChI is InChI=1S/C18H19F2N3O4/c1-11(24)22-13-4-6-14(7-5-13)23-18(25)21-10-12-3-8-15(26-2)16(9-12)27-17(19)20/h3-9,17H,10H2,1-2H3,(H,22,24)(H2,21,23,25). The second kappa shape index (κ2) is 9.37. The minimum absolute atomic E-state index is 0.0966. The number of halogens is 2. The highest BCUT2D eigenvalue weighted by molar-refractivity contribution is 5.91. The van der Waals surface area contributed by atoms with Gasteiger partial charge in [-0.2, -0.15) is 8.78 Å². The highest BCUT2D eigenvalue weighted by atomic mass is 19.3. The van der Waals surface area contributed by atoms with Gasteiger partial charge in [0.2, 0.25) is 5.91 Å². The Bertz CT molecular complexity index is 798. The predicted octanol–water partition coefficient (Wildman–Crippen LogP) is 3.58. The van der Waals surface area contributed by atoms with Gasteiger partial charge < -0.3 is 25.4 Å². The summed E-state index contributed by atoms with van der Waals surface area (Å²) in [4.78, 5) is 22.9. The molecule has 0 unspecified atom stereocenters. The lowest BCUT2D eigenvalue weighted by Crippen LogP contribution is -2.28. The lowest BCUT2D eigenvalue weighted by Gasteiger charge is -2.12. The van der Waals surface area contributed by atoms with Crippen LogP contribution >= 0.6 is 0 Å². The number of rotatable bonds is 7. The normalized spacial score (nSPS) is 10.3. The second-order valence-electron chi connectivity index (χ2n) is 5.43. The summed E-state index contributed by atoms with van der Waals surface area (Å²) >= 11 is 0. The van der Waals surface area contributed by atoms with Crippen molar-refractivity contribution >= 4 is 23.3 Å². The zero-order chi connectivity index (χ0) is 19.8. The molecule has 0 aliphatic rings. The molecule has 0 bridgehead atoms. The summed E-state index contributed by atoms with van der Waals surface area (Å²) in [6.45, 7) is -1.48. The number of methoxy groups -OCH3 is 1. The van der Waals surface area contributed by atoms with Gasteiger partial charge in [0.1, 0.15) is 0 Å². The van der Waals surface area contributed by atoms with Gasteiger partial charge in [-0.15, -0.1) is 0 Å². The van der Waals surface area contributed by atoms with Gasteiger partial charge in [-0.05, 0) is 42.0 Å². The molecule has 144 valence electrons. The van der Waals surface area contributed by atoms with Crippen LogP contribution in [0.3, 0.4) is 0 Å². The van der Waals surface area contributed by atoms with Crippen LogP contribution in [0.25, 0.3) is 0 Å². The van der Waals surface area contributed by atoms with Crippen LogP contribution in [-0.4, -0.2) is 25.7 Å². The Kier molecular flexibility index (Phi) is 6.93. The number of carbonyl (C=O) groups is 2. The highest BCUT2D eigenvalue weighted by Crippen LogP contribution is 2.29. The molecular formula is C18H19F2N3O4. The Labute approximate surface area is 154 Å². The van der Waals surface area contributed by atoms with Gasteiger partial charge in [-0.25, -0.2) is 4.79 Å². The van der Waals surface area contributed by atoms with Crippen LogP contribution < -0.4 is 25.4 Å². The molecule has 0 aliphatic carbocycles. The molecule has 0 saturated carbocycles. The molecule has 2 aromatic carbocycles. The number of alkyl halides is 2. The number of anilines is 2. The first-order valence-electron chi connectivity index (χ1n) is 7.91. The van der Waals surface area contributed by atoms with E-state index in [0.29, 0.717) is 16.9 Å². The molecule has 9 heteroatoms. The molecule has 0 spiro atoms. The third-order valence-electron chi connectivity index (χ3n) is 3.36. The summed E-state index contributed by atoms with van der Waals surface area (Å²) in [5.41, 5.74) is 1.69. The van der Waals surface area contributed by atoms with Crippen LogP contribution in [0.4, 0.5) is 25.0 Å². The molecule has 0 heterocycles. The van der Waals surface area contributed by atoms with E-state index in [4.69, 9.17) is 4.74 Å². The van der Waals surface area contributed by atoms with Gasteiger partial charge in [0.15, 0.2) is 11.5 Å². The van der Waals surface area contributed by atoms with E-state index in [2.05, 4.69) is 20.7 Å². The fourth-order valence-corrected chi connectivity index (χ4v) is 2.22. The number of urea groups is 1. The maximum Gasteiger partial charge on any atom is 0.387 e. The highest BCUT2D eigenvalue weighted by Gasteiger charge is 2.12. The van der Waals surface area contributed by atoms with Crippen LogP contribution in [0.15, 0.2) is 42.5 Å². The molecule has 0 saturated heterocycles. The van der Waals surface area contributed by atoms with Crippen molar-refractivity contribution in [2.24, 2.45) is 0 Å². The fourth-order valence-electron chi connectivity index (χ4n) is 2.22. The summed E-state index contributed by atoms with van der Waals surface area (Å²) in [5, 5.41) is 7.85. The predicted molar refractivity (Wildman–Crippen MR) is 96.2 cm³/mol.